The van der Waals surface area contributed by atoms with E-state index in [1.165, 1.54) is 0 Å². The molecular weight excluding hydrogens is 380 g/mol. The minimum Gasteiger partial charge on any atom is -0.423 e. The maximum Gasteiger partial charge on any atom is 0.298 e. The number of piperidine rings is 1. The first-order valence-electron chi connectivity index (χ1n) is 9.54. The molecule has 1 N–H and O–H groups in total. The van der Waals surface area contributed by atoms with Gasteiger partial charge in [-0.05, 0) is 31.0 Å². The SMILES string of the molecule is CC(C)c1cc(CNC(=O)C2CCCN(c3nc4cc(Cl)ccc4o3)C2)no1. The Hall–Kier alpha value is -2.54. The first-order chi connectivity index (χ1) is 13.5. The van der Waals surface area contributed by atoms with Crippen LogP contribution in [0.4, 0.5) is 6.01 Å². The number of oxazole rings is 1. The number of hydrogen-bond donors (Lipinski definition) is 1. The number of carbonyl (C=O) groups is 1. The van der Waals surface area contributed by atoms with Crippen molar-refractivity contribution in [2.75, 3.05) is 18.0 Å². The molecule has 0 spiro atoms. The van der Waals surface area contributed by atoms with Crippen LogP contribution < -0.4 is 10.2 Å². The Morgan fingerprint density at radius 3 is 3.04 bits per heavy atom. The maximum absolute atomic E-state index is 12.6. The Morgan fingerprint density at radius 2 is 2.25 bits per heavy atom. The minimum absolute atomic E-state index is 0.0120. The molecule has 0 saturated carbocycles. The molecule has 148 valence electrons. The summed E-state index contributed by atoms with van der Waals surface area (Å²) in [6, 6.07) is 7.79. The zero-order valence-electron chi connectivity index (χ0n) is 15.9. The van der Waals surface area contributed by atoms with Crippen LogP contribution in [-0.2, 0) is 11.3 Å². The summed E-state index contributed by atoms with van der Waals surface area (Å²) in [6.07, 6.45) is 1.74. The fraction of sp³-hybridized carbons (Fsp3) is 0.450. The summed E-state index contributed by atoms with van der Waals surface area (Å²) < 4.78 is 11.1. The van der Waals surface area contributed by atoms with Crippen LogP contribution in [0, 0.1) is 5.92 Å². The number of halogens is 1. The predicted octanol–water partition coefficient (Wildman–Crippen LogP) is 4.13. The largest absolute Gasteiger partial charge is 0.423 e. The molecule has 1 saturated heterocycles. The molecule has 2 aromatic heterocycles. The van der Waals surface area contributed by atoms with Crippen LogP contribution >= 0.6 is 11.6 Å². The van der Waals surface area contributed by atoms with Gasteiger partial charge in [-0.3, -0.25) is 4.79 Å². The highest BCUT2D eigenvalue weighted by Gasteiger charge is 2.28. The van der Waals surface area contributed by atoms with Gasteiger partial charge in [0.05, 0.1) is 12.5 Å². The molecule has 1 amide bonds. The standard InChI is InChI=1S/C20H23ClN4O3/c1-12(2)18-9-15(24-28-18)10-22-19(26)13-4-3-7-25(11-13)20-23-16-8-14(21)5-6-17(16)27-20/h5-6,8-9,12-13H,3-4,7,10-11H2,1-2H3,(H,22,26). The van der Waals surface area contributed by atoms with E-state index in [9.17, 15) is 4.79 Å². The second-order valence-corrected chi connectivity index (χ2v) is 7.92. The van der Waals surface area contributed by atoms with Gasteiger partial charge in [0.1, 0.15) is 17.0 Å². The highest BCUT2D eigenvalue weighted by molar-refractivity contribution is 6.31. The van der Waals surface area contributed by atoms with Crippen LogP contribution in [0.5, 0.6) is 0 Å². The second kappa shape index (κ2) is 7.83. The smallest absolute Gasteiger partial charge is 0.298 e. The van der Waals surface area contributed by atoms with Gasteiger partial charge in [0.2, 0.25) is 5.91 Å². The van der Waals surface area contributed by atoms with Crippen LogP contribution in [0.25, 0.3) is 11.1 Å². The van der Waals surface area contributed by atoms with E-state index in [2.05, 4.69) is 15.5 Å². The minimum atomic E-state index is -0.121. The fourth-order valence-electron chi connectivity index (χ4n) is 3.39. The van der Waals surface area contributed by atoms with Crippen molar-refractivity contribution in [1.82, 2.24) is 15.5 Å². The van der Waals surface area contributed by atoms with Gasteiger partial charge in [0.15, 0.2) is 5.58 Å². The van der Waals surface area contributed by atoms with E-state index in [4.69, 9.17) is 20.5 Å². The summed E-state index contributed by atoms with van der Waals surface area (Å²) in [7, 11) is 0. The number of amides is 1. The molecule has 28 heavy (non-hydrogen) atoms. The summed E-state index contributed by atoms with van der Waals surface area (Å²) in [5.74, 6) is 0.987. The van der Waals surface area contributed by atoms with E-state index in [-0.39, 0.29) is 17.7 Å². The Morgan fingerprint density at radius 1 is 1.39 bits per heavy atom. The van der Waals surface area contributed by atoms with Crippen molar-refractivity contribution in [3.8, 4) is 0 Å². The molecule has 0 bridgehead atoms. The monoisotopic (exact) mass is 402 g/mol. The Kier molecular flexibility index (Phi) is 5.26. The molecule has 1 aromatic carbocycles. The van der Waals surface area contributed by atoms with E-state index in [0.717, 1.165) is 36.4 Å². The number of carbonyl (C=O) groups excluding carboxylic acids is 1. The molecule has 8 heteroatoms. The molecule has 1 fully saturated rings. The molecular formula is C20H23ClN4O3. The fourth-order valence-corrected chi connectivity index (χ4v) is 3.56. The number of benzene rings is 1. The average Bonchev–Trinajstić information content (AvgIpc) is 3.33. The van der Waals surface area contributed by atoms with Crippen molar-refractivity contribution in [2.45, 2.75) is 39.2 Å². The van der Waals surface area contributed by atoms with Gasteiger partial charge in [-0.25, -0.2) is 0 Å². The number of rotatable bonds is 5. The normalized spacial score (nSPS) is 17.4. The van der Waals surface area contributed by atoms with E-state index < -0.39 is 0 Å². The Bertz CT molecular complexity index is 981. The van der Waals surface area contributed by atoms with Crippen LogP contribution in [0.3, 0.4) is 0 Å². The summed E-state index contributed by atoms with van der Waals surface area (Å²) in [5, 5.41) is 7.60. The summed E-state index contributed by atoms with van der Waals surface area (Å²) in [5.41, 5.74) is 2.15. The van der Waals surface area contributed by atoms with Crippen LogP contribution in [-0.4, -0.2) is 29.1 Å². The topological polar surface area (TPSA) is 84.4 Å². The van der Waals surface area contributed by atoms with Crippen LogP contribution in [0.15, 0.2) is 33.2 Å². The zero-order valence-corrected chi connectivity index (χ0v) is 16.7. The quantitative estimate of drug-likeness (QED) is 0.690. The number of nitrogens with one attached hydrogen (secondary N) is 1. The average molecular weight is 403 g/mol. The molecule has 0 aliphatic carbocycles. The third-order valence-corrected chi connectivity index (χ3v) is 5.23. The van der Waals surface area contributed by atoms with Crippen molar-refractivity contribution < 1.29 is 13.7 Å². The van der Waals surface area contributed by atoms with Gasteiger partial charge in [-0.1, -0.05) is 30.6 Å². The van der Waals surface area contributed by atoms with E-state index in [0.29, 0.717) is 29.7 Å². The van der Waals surface area contributed by atoms with Gasteiger partial charge in [0, 0.05) is 30.1 Å². The van der Waals surface area contributed by atoms with E-state index in [1.54, 1.807) is 12.1 Å². The summed E-state index contributed by atoms with van der Waals surface area (Å²) in [4.78, 5) is 19.2. The number of anilines is 1. The lowest BCUT2D eigenvalue weighted by molar-refractivity contribution is -0.125. The molecule has 1 atom stereocenters. The summed E-state index contributed by atoms with van der Waals surface area (Å²) >= 11 is 6.02. The second-order valence-electron chi connectivity index (χ2n) is 7.49. The van der Waals surface area contributed by atoms with Crippen LogP contribution in [0.2, 0.25) is 5.02 Å². The Balaban J connectivity index is 1.38. The van der Waals surface area contributed by atoms with E-state index in [1.807, 2.05) is 30.9 Å². The first kappa shape index (κ1) is 18.8. The first-order valence-corrected chi connectivity index (χ1v) is 9.91. The maximum atomic E-state index is 12.6. The Labute approximate surface area is 168 Å². The number of hydrogen-bond acceptors (Lipinski definition) is 6. The lowest BCUT2D eigenvalue weighted by Gasteiger charge is -2.30. The highest BCUT2D eigenvalue weighted by atomic mass is 35.5. The lowest BCUT2D eigenvalue weighted by Crippen LogP contribution is -2.43. The predicted molar refractivity (Wildman–Crippen MR) is 106 cm³/mol. The van der Waals surface area contributed by atoms with Gasteiger partial charge in [0.25, 0.3) is 6.01 Å². The molecule has 1 unspecified atom stereocenters. The van der Waals surface area contributed by atoms with Crippen molar-refractivity contribution in [2.24, 2.45) is 5.92 Å². The van der Waals surface area contributed by atoms with Crippen molar-refractivity contribution in [3.63, 3.8) is 0 Å². The van der Waals surface area contributed by atoms with Crippen molar-refractivity contribution >= 4 is 34.6 Å². The molecule has 4 rings (SSSR count). The summed E-state index contributed by atoms with van der Waals surface area (Å²) in [6.45, 7) is 5.83. The van der Waals surface area contributed by atoms with Gasteiger partial charge >= 0.3 is 0 Å². The number of fused-ring (bicyclic) bond motifs is 1. The number of nitrogens with zero attached hydrogens (tertiary/aromatic N) is 3. The molecule has 3 heterocycles. The molecule has 3 aromatic rings. The third kappa shape index (κ3) is 3.99. The van der Waals surface area contributed by atoms with Crippen LogP contribution in [0.1, 0.15) is 44.1 Å². The number of aromatic nitrogens is 2. The van der Waals surface area contributed by atoms with Gasteiger partial charge in [-0.2, -0.15) is 4.98 Å². The van der Waals surface area contributed by atoms with Gasteiger partial charge < -0.3 is 19.2 Å². The third-order valence-electron chi connectivity index (χ3n) is 4.99. The van der Waals surface area contributed by atoms with Gasteiger partial charge in [-0.15, -0.1) is 0 Å². The molecule has 0 radical (unpaired) electrons. The lowest BCUT2D eigenvalue weighted by atomic mass is 9.97. The van der Waals surface area contributed by atoms with E-state index >= 15 is 0 Å². The molecule has 7 nitrogen and oxygen atoms in total. The molecule has 1 aliphatic heterocycles. The van der Waals surface area contributed by atoms with Crippen molar-refractivity contribution in [3.05, 3.63) is 40.7 Å². The highest BCUT2D eigenvalue weighted by Crippen LogP contribution is 2.28. The zero-order chi connectivity index (χ0) is 19.7. The molecule has 1 aliphatic rings. The van der Waals surface area contributed by atoms with Crippen molar-refractivity contribution in [1.29, 1.82) is 0 Å².